The van der Waals surface area contributed by atoms with Crippen LogP contribution in [0.1, 0.15) is 11.1 Å². The monoisotopic (exact) mass is 415 g/mol. The van der Waals surface area contributed by atoms with Gasteiger partial charge in [0.1, 0.15) is 5.57 Å². The molecule has 0 saturated heterocycles. The topological polar surface area (TPSA) is 116 Å². The molecule has 0 bridgehead atoms. The van der Waals surface area contributed by atoms with E-state index >= 15 is 0 Å². The molecule has 0 saturated carbocycles. The molecule has 0 aliphatic rings. The van der Waals surface area contributed by atoms with Crippen LogP contribution in [-0.2, 0) is 22.7 Å². The molecule has 0 radical (unpaired) electrons. The lowest BCUT2D eigenvalue weighted by Gasteiger charge is -2.19. The minimum atomic E-state index is -1.65. The molecule has 0 spiro atoms. The van der Waals surface area contributed by atoms with Gasteiger partial charge in [0.15, 0.2) is 11.6 Å². The van der Waals surface area contributed by atoms with Crippen molar-refractivity contribution in [2.75, 3.05) is 0 Å². The van der Waals surface area contributed by atoms with Gasteiger partial charge in [-0.2, -0.15) is 0 Å². The van der Waals surface area contributed by atoms with Crippen molar-refractivity contribution in [3.8, 4) is 0 Å². The van der Waals surface area contributed by atoms with Gasteiger partial charge < -0.3 is 26.0 Å². The van der Waals surface area contributed by atoms with E-state index in [0.717, 1.165) is 29.4 Å². The van der Waals surface area contributed by atoms with Gasteiger partial charge in [0, 0.05) is 18.9 Å². The van der Waals surface area contributed by atoms with Crippen LogP contribution in [0.2, 0.25) is 0 Å². The van der Waals surface area contributed by atoms with Crippen LogP contribution in [-0.4, -0.2) is 33.9 Å². The Hall–Kier alpha value is -3.50. The van der Waals surface area contributed by atoms with Gasteiger partial charge in [0.05, 0.1) is 6.54 Å². The number of nitrogens with one attached hydrogen (secondary N) is 1. The van der Waals surface area contributed by atoms with Crippen molar-refractivity contribution in [1.82, 2.24) is 10.2 Å². The lowest BCUT2D eigenvalue weighted by Crippen LogP contribution is -2.36. The van der Waals surface area contributed by atoms with E-state index in [9.17, 15) is 28.4 Å². The minimum absolute atomic E-state index is 0.00127. The summed E-state index contributed by atoms with van der Waals surface area (Å²) < 4.78 is 26.5. The quantitative estimate of drug-likeness (QED) is 0.214. The highest BCUT2D eigenvalue weighted by molar-refractivity contribution is 6.58. The number of nitrogens with zero attached hydrogens (tertiary/aromatic N) is 1. The Morgan fingerprint density at radius 3 is 2.47 bits per heavy atom. The molecule has 0 heterocycles. The van der Waals surface area contributed by atoms with Gasteiger partial charge in [-0.3, -0.25) is 9.59 Å². The normalized spacial score (nSPS) is 11.0. The van der Waals surface area contributed by atoms with Gasteiger partial charge >= 0.3 is 7.12 Å². The van der Waals surface area contributed by atoms with Crippen molar-refractivity contribution >= 4 is 24.4 Å². The maximum absolute atomic E-state index is 13.4. The molecule has 156 valence electrons. The van der Waals surface area contributed by atoms with E-state index in [1.807, 2.05) is 0 Å². The zero-order valence-electron chi connectivity index (χ0n) is 15.9. The molecule has 2 aromatic rings. The van der Waals surface area contributed by atoms with Crippen LogP contribution in [0, 0.1) is 11.6 Å². The third kappa shape index (κ3) is 5.75. The summed E-state index contributed by atoms with van der Waals surface area (Å²) in [5, 5.41) is 20.9. The lowest BCUT2D eigenvalue weighted by atomic mass is 9.79. The summed E-state index contributed by atoms with van der Waals surface area (Å²) in [6, 6.07) is 9.40. The van der Waals surface area contributed by atoms with Crippen molar-refractivity contribution in [2.45, 2.75) is 13.1 Å². The molecule has 0 aliphatic heterocycles. The number of rotatable bonds is 8. The number of hydrogen-bond acceptors (Lipinski definition) is 5. The standard InChI is InChI=1S/C20H20BF2N3O4/c1-2-26(12-14-6-7-17(22)18(23)9-14)20(28)16(10-24)19(27)25-11-13-4-3-5-15(8-13)21(29)30/h2-10,29-30H,1,11-12,24H2,(H,25,27)/b16-10-. The van der Waals surface area contributed by atoms with Gasteiger partial charge in [0.25, 0.3) is 11.8 Å². The zero-order chi connectivity index (χ0) is 22.3. The van der Waals surface area contributed by atoms with Crippen molar-refractivity contribution in [2.24, 2.45) is 5.73 Å². The molecule has 30 heavy (non-hydrogen) atoms. The molecule has 5 N–H and O–H groups in total. The third-order valence-corrected chi connectivity index (χ3v) is 4.16. The first-order chi connectivity index (χ1) is 14.3. The summed E-state index contributed by atoms with van der Waals surface area (Å²) in [5.41, 5.74) is 6.18. The van der Waals surface area contributed by atoms with Gasteiger partial charge in [-0.05, 0) is 28.7 Å². The van der Waals surface area contributed by atoms with Crippen LogP contribution >= 0.6 is 0 Å². The fourth-order valence-electron chi connectivity index (χ4n) is 2.59. The molecule has 2 amide bonds. The molecular formula is C20H20BF2N3O4. The van der Waals surface area contributed by atoms with Crippen molar-refractivity contribution in [3.05, 3.63) is 89.8 Å². The van der Waals surface area contributed by atoms with Crippen molar-refractivity contribution in [1.29, 1.82) is 0 Å². The van der Waals surface area contributed by atoms with E-state index < -0.39 is 30.6 Å². The number of halogens is 2. The van der Waals surface area contributed by atoms with E-state index in [1.165, 1.54) is 18.2 Å². The Morgan fingerprint density at radius 2 is 1.87 bits per heavy atom. The predicted molar refractivity (Wildman–Crippen MR) is 107 cm³/mol. The Bertz CT molecular complexity index is 982. The minimum Gasteiger partial charge on any atom is -0.423 e. The fourth-order valence-corrected chi connectivity index (χ4v) is 2.59. The van der Waals surface area contributed by atoms with Crippen LogP contribution in [0.25, 0.3) is 0 Å². The smallest absolute Gasteiger partial charge is 0.423 e. The first-order valence-corrected chi connectivity index (χ1v) is 8.79. The second-order valence-corrected chi connectivity index (χ2v) is 6.25. The second kappa shape index (κ2) is 10.3. The number of amides is 2. The SMILES string of the molecule is C=CN(Cc1ccc(F)c(F)c1)C(=O)/C(=C\N)C(=O)NCc1cccc(B(O)O)c1. The van der Waals surface area contributed by atoms with E-state index in [0.29, 0.717) is 11.1 Å². The number of benzene rings is 2. The van der Waals surface area contributed by atoms with Crippen LogP contribution in [0.3, 0.4) is 0 Å². The highest BCUT2D eigenvalue weighted by atomic mass is 19.2. The maximum Gasteiger partial charge on any atom is 0.488 e. The third-order valence-electron chi connectivity index (χ3n) is 4.16. The molecular weight excluding hydrogens is 395 g/mol. The maximum atomic E-state index is 13.4. The highest BCUT2D eigenvalue weighted by Crippen LogP contribution is 2.13. The van der Waals surface area contributed by atoms with Crippen molar-refractivity contribution in [3.63, 3.8) is 0 Å². The molecule has 0 aliphatic carbocycles. The molecule has 10 heteroatoms. The summed E-state index contributed by atoms with van der Waals surface area (Å²) >= 11 is 0. The molecule has 0 unspecified atom stereocenters. The lowest BCUT2D eigenvalue weighted by molar-refractivity contribution is -0.128. The van der Waals surface area contributed by atoms with E-state index in [-0.39, 0.29) is 24.1 Å². The average molecular weight is 415 g/mol. The van der Waals surface area contributed by atoms with Gasteiger partial charge in [0.2, 0.25) is 0 Å². The molecule has 0 aromatic heterocycles. The first-order valence-electron chi connectivity index (χ1n) is 8.79. The average Bonchev–Trinajstić information content (AvgIpc) is 2.73. The molecule has 2 rings (SSSR count). The summed E-state index contributed by atoms with van der Waals surface area (Å²) in [6.07, 6.45) is 1.99. The van der Waals surface area contributed by atoms with Crippen LogP contribution in [0.15, 0.2) is 67.0 Å². The van der Waals surface area contributed by atoms with Crippen molar-refractivity contribution < 1.29 is 28.4 Å². The summed E-state index contributed by atoms with van der Waals surface area (Å²) in [7, 11) is -1.65. The Kier molecular flexibility index (Phi) is 7.85. The van der Waals surface area contributed by atoms with Crippen LogP contribution < -0.4 is 16.5 Å². The number of carbonyl (C=O) groups excluding carboxylic acids is 2. The number of hydrogen-bond donors (Lipinski definition) is 4. The van der Waals surface area contributed by atoms with Gasteiger partial charge in [-0.1, -0.05) is 36.9 Å². The number of carbonyl (C=O) groups is 2. The highest BCUT2D eigenvalue weighted by Gasteiger charge is 2.23. The Balaban J connectivity index is 2.07. The number of nitrogens with two attached hydrogens (primary N) is 1. The zero-order valence-corrected chi connectivity index (χ0v) is 15.9. The fraction of sp³-hybridized carbons (Fsp3) is 0.100. The van der Waals surface area contributed by atoms with E-state index in [2.05, 4.69) is 11.9 Å². The first kappa shape index (κ1) is 22.8. The summed E-state index contributed by atoms with van der Waals surface area (Å²) in [4.78, 5) is 26.1. The molecule has 0 atom stereocenters. The summed E-state index contributed by atoms with van der Waals surface area (Å²) in [6.45, 7) is 3.35. The largest absolute Gasteiger partial charge is 0.488 e. The Morgan fingerprint density at radius 1 is 1.13 bits per heavy atom. The molecule has 0 fully saturated rings. The summed E-state index contributed by atoms with van der Waals surface area (Å²) in [5.74, 6) is -3.63. The van der Waals surface area contributed by atoms with Crippen LogP contribution in [0.5, 0.6) is 0 Å². The predicted octanol–water partition coefficient (Wildman–Crippen LogP) is 0.276. The van der Waals surface area contributed by atoms with Gasteiger partial charge in [-0.15, -0.1) is 0 Å². The van der Waals surface area contributed by atoms with Gasteiger partial charge in [-0.25, -0.2) is 8.78 Å². The molecule has 7 nitrogen and oxygen atoms in total. The van der Waals surface area contributed by atoms with Crippen LogP contribution in [0.4, 0.5) is 8.78 Å². The second-order valence-electron chi connectivity index (χ2n) is 6.25. The van der Waals surface area contributed by atoms with E-state index in [4.69, 9.17) is 5.73 Å². The Labute approximate surface area is 172 Å². The van der Waals surface area contributed by atoms with E-state index in [1.54, 1.807) is 12.1 Å². The molecule has 2 aromatic carbocycles.